The van der Waals surface area contributed by atoms with E-state index in [1.807, 2.05) is 0 Å². The van der Waals surface area contributed by atoms with Crippen LogP contribution in [0.15, 0.2) is 0 Å². The summed E-state index contributed by atoms with van der Waals surface area (Å²) in [4.78, 5) is 66.5. The van der Waals surface area contributed by atoms with Crippen LogP contribution in [0, 0.1) is 0 Å². The second-order valence-corrected chi connectivity index (χ2v) is 13.4. The number of aliphatic carboxylic acids is 4. The third kappa shape index (κ3) is 43.9. The number of unbranched alkanes of at least 4 members (excludes halogenated alkanes) is 20. The van der Waals surface area contributed by atoms with Gasteiger partial charge in [-0.3, -0.25) is 19.2 Å². The summed E-state index contributed by atoms with van der Waals surface area (Å²) in [6.45, 7) is 4.44. The van der Waals surface area contributed by atoms with Crippen LogP contribution in [0.1, 0.15) is 194 Å². The van der Waals surface area contributed by atoms with Gasteiger partial charge in [0.05, 0.1) is 0 Å². The first-order valence-corrected chi connectivity index (χ1v) is 19.4. The van der Waals surface area contributed by atoms with E-state index in [9.17, 15) is 28.8 Å². The molecule has 0 saturated heterocycles. The number of rotatable bonds is 34. The summed E-state index contributed by atoms with van der Waals surface area (Å²) >= 11 is 0. The molecular formula is C38H72KN2NaO10. The van der Waals surface area contributed by atoms with Gasteiger partial charge in [0.2, 0.25) is 11.8 Å². The minimum absolute atomic E-state index is 0. The Kier molecular flexibility index (Phi) is 48.3. The molecule has 0 aliphatic carbocycles. The molecule has 0 spiro atoms. The molecule has 0 aromatic heterocycles. The van der Waals surface area contributed by atoms with Crippen molar-refractivity contribution >= 4 is 117 Å². The standard InChI is InChI=1S/2C19H35NO5.K.Na.2H/c2*1-2-3-4-5-6-7-8-9-10-11-12-13-17(21)20-16(19(24)25)14-15-18(22)23;;;;/h2*16H,2-15H2,1H3,(H,20,21)(H,22,23)(H,24,25);;;;/t2*16-;;;;/m00..../s1. The fraction of sp³-hybridized carbons (Fsp3) is 0.842. The van der Waals surface area contributed by atoms with Gasteiger partial charge in [-0.25, -0.2) is 9.59 Å². The summed E-state index contributed by atoms with van der Waals surface area (Å²) in [6.07, 6.45) is 26.2. The zero-order valence-electron chi connectivity index (χ0n) is 31.2. The van der Waals surface area contributed by atoms with Gasteiger partial charge in [0.25, 0.3) is 0 Å². The van der Waals surface area contributed by atoms with Crippen LogP contribution in [0.2, 0.25) is 0 Å². The van der Waals surface area contributed by atoms with E-state index >= 15 is 0 Å². The van der Waals surface area contributed by atoms with E-state index in [4.69, 9.17) is 20.4 Å². The van der Waals surface area contributed by atoms with E-state index < -0.39 is 36.0 Å². The van der Waals surface area contributed by atoms with Gasteiger partial charge in [-0.1, -0.05) is 142 Å². The molecule has 52 heavy (non-hydrogen) atoms. The predicted octanol–water partition coefficient (Wildman–Crippen LogP) is 6.95. The van der Waals surface area contributed by atoms with E-state index in [0.717, 1.165) is 38.5 Å². The third-order valence-corrected chi connectivity index (χ3v) is 8.58. The molecule has 12 nitrogen and oxygen atoms in total. The number of hydrogen-bond donors (Lipinski definition) is 6. The Labute approximate surface area is 378 Å². The second-order valence-electron chi connectivity index (χ2n) is 13.4. The maximum absolute atomic E-state index is 11.7. The normalized spacial score (nSPS) is 11.4. The Hall–Kier alpha value is -0.544. The molecule has 0 radical (unpaired) electrons. The molecule has 0 unspecified atom stereocenters. The molecule has 14 heteroatoms. The van der Waals surface area contributed by atoms with Crippen molar-refractivity contribution < 1.29 is 49.2 Å². The van der Waals surface area contributed by atoms with Gasteiger partial charge in [-0.15, -0.1) is 0 Å². The number of carbonyl (C=O) groups excluding carboxylic acids is 2. The molecule has 0 aromatic rings. The number of amides is 2. The van der Waals surface area contributed by atoms with E-state index in [2.05, 4.69) is 24.5 Å². The summed E-state index contributed by atoms with van der Waals surface area (Å²) in [5.41, 5.74) is 0. The van der Waals surface area contributed by atoms with Crippen LogP contribution in [0.3, 0.4) is 0 Å². The Bertz CT molecular complexity index is 854. The number of hydrogen-bond acceptors (Lipinski definition) is 6. The first kappa shape index (κ1) is 58.2. The van der Waals surface area contributed by atoms with Gasteiger partial charge in [0.15, 0.2) is 0 Å². The van der Waals surface area contributed by atoms with Crippen molar-refractivity contribution in [3.63, 3.8) is 0 Å². The van der Waals surface area contributed by atoms with E-state index in [1.54, 1.807) is 0 Å². The Morgan fingerprint density at radius 3 is 0.846 bits per heavy atom. The molecule has 2 atom stereocenters. The van der Waals surface area contributed by atoms with Gasteiger partial charge in [-0.2, -0.15) is 0 Å². The maximum atomic E-state index is 11.7. The van der Waals surface area contributed by atoms with Crippen LogP contribution in [0.4, 0.5) is 0 Å². The summed E-state index contributed by atoms with van der Waals surface area (Å²) in [5.74, 6) is -5.12. The number of carboxylic acid groups (broad SMARTS) is 4. The van der Waals surface area contributed by atoms with Crippen molar-refractivity contribution in [1.29, 1.82) is 0 Å². The van der Waals surface area contributed by atoms with Crippen LogP contribution in [-0.2, 0) is 28.8 Å². The Morgan fingerprint density at radius 1 is 0.404 bits per heavy atom. The second kappa shape index (κ2) is 43.2. The number of carbonyl (C=O) groups is 6. The molecule has 296 valence electrons. The average Bonchev–Trinajstić information content (AvgIpc) is 3.06. The topological polar surface area (TPSA) is 207 Å². The molecule has 0 aliphatic rings. The monoisotopic (exact) mass is 778 g/mol. The van der Waals surface area contributed by atoms with E-state index in [0.29, 0.717) is 12.8 Å². The SMILES string of the molecule is CCCCCCCCCCCCCC(=O)N[C@@H](CCC(=O)O)C(=O)O.CCCCCCCCCCCCCC(=O)N[C@@H](CCC(=O)O)C(=O)O.[KH].[NaH]. The summed E-state index contributed by atoms with van der Waals surface area (Å²) in [5, 5.41) is 40.0. The summed E-state index contributed by atoms with van der Waals surface area (Å²) in [7, 11) is 0. The summed E-state index contributed by atoms with van der Waals surface area (Å²) in [6, 6.07) is -2.23. The molecule has 0 aromatic carbocycles. The molecule has 0 bridgehead atoms. The Morgan fingerprint density at radius 2 is 0.635 bits per heavy atom. The van der Waals surface area contributed by atoms with Crippen LogP contribution in [0.5, 0.6) is 0 Å². The zero-order valence-corrected chi connectivity index (χ0v) is 31.2. The molecule has 0 heterocycles. The first-order chi connectivity index (χ1) is 23.9. The van der Waals surface area contributed by atoms with E-state index in [1.165, 1.54) is 103 Å². The zero-order chi connectivity index (χ0) is 37.8. The Balaban J connectivity index is -0.000000427. The van der Waals surface area contributed by atoms with Crippen LogP contribution in [0.25, 0.3) is 0 Å². The minimum atomic E-state index is -1.19. The quantitative estimate of drug-likeness (QED) is 0.0293. The van der Waals surface area contributed by atoms with Gasteiger partial charge in [-0.05, 0) is 25.7 Å². The first-order valence-electron chi connectivity index (χ1n) is 19.4. The molecule has 0 saturated carbocycles. The van der Waals surface area contributed by atoms with Crippen molar-refractivity contribution in [3.05, 3.63) is 0 Å². The van der Waals surface area contributed by atoms with Gasteiger partial charge in [0.1, 0.15) is 12.1 Å². The fourth-order valence-corrected chi connectivity index (χ4v) is 5.48. The van der Waals surface area contributed by atoms with Crippen molar-refractivity contribution in [1.82, 2.24) is 10.6 Å². The third-order valence-electron chi connectivity index (χ3n) is 8.58. The van der Waals surface area contributed by atoms with Crippen LogP contribution < -0.4 is 10.6 Å². The van der Waals surface area contributed by atoms with Gasteiger partial charge < -0.3 is 31.1 Å². The molecule has 0 aliphatic heterocycles. The molecule has 6 N–H and O–H groups in total. The van der Waals surface area contributed by atoms with E-state index in [-0.39, 0.29) is 118 Å². The molecule has 2 amide bonds. The van der Waals surface area contributed by atoms with Crippen molar-refractivity contribution in [2.45, 2.75) is 206 Å². The van der Waals surface area contributed by atoms with Crippen molar-refractivity contribution in [2.24, 2.45) is 0 Å². The molecule has 0 fully saturated rings. The van der Waals surface area contributed by atoms with Crippen molar-refractivity contribution in [2.75, 3.05) is 0 Å². The van der Waals surface area contributed by atoms with Crippen LogP contribution in [-0.4, -0.2) is 149 Å². The summed E-state index contributed by atoms with van der Waals surface area (Å²) < 4.78 is 0. The number of carboxylic acids is 4. The van der Waals surface area contributed by atoms with Gasteiger partial charge >= 0.3 is 105 Å². The predicted molar refractivity (Wildman–Crippen MR) is 209 cm³/mol. The molecule has 0 rings (SSSR count). The van der Waals surface area contributed by atoms with Gasteiger partial charge in [0, 0.05) is 25.7 Å². The average molecular weight is 779 g/mol. The van der Waals surface area contributed by atoms with Crippen molar-refractivity contribution in [3.8, 4) is 0 Å². The van der Waals surface area contributed by atoms with Crippen LogP contribution >= 0.6 is 0 Å². The fourth-order valence-electron chi connectivity index (χ4n) is 5.48. The number of nitrogens with one attached hydrogen (secondary N) is 2. The molecular weight excluding hydrogens is 707 g/mol.